The minimum atomic E-state index is -1.01. The fourth-order valence-electron chi connectivity index (χ4n) is 3.98. The molecular weight excluding hydrogens is 449 g/mol. The van der Waals surface area contributed by atoms with Crippen LogP contribution < -0.4 is 15.0 Å². The predicted octanol–water partition coefficient (Wildman–Crippen LogP) is 4.76. The van der Waals surface area contributed by atoms with Crippen molar-refractivity contribution < 1.29 is 23.5 Å². The lowest BCUT2D eigenvalue weighted by Gasteiger charge is -2.22. The van der Waals surface area contributed by atoms with E-state index in [0.29, 0.717) is 11.4 Å². The van der Waals surface area contributed by atoms with Gasteiger partial charge in [0.15, 0.2) is 0 Å². The Labute approximate surface area is 203 Å². The fraction of sp³-hybridized carbons (Fsp3) is 0.222. The van der Waals surface area contributed by atoms with E-state index in [0.717, 1.165) is 22.4 Å². The molecule has 1 fully saturated rings. The van der Waals surface area contributed by atoms with Crippen LogP contribution in [0.2, 0.25) is 0 Å². The Kier molecular flexibility index (Phi) is 7.10. The molecule has 0 aliphatic carbocycles. The van der Waals surface area contributed by atoms with Crippen LogP contribution in [0.5, 0.6) is 5.75 Å². The van der Waals surface area contributed by atoms with E-state index in [-0.39, 0.29) is 24.6 Å². The first kappa shape index (κ1) is 23.9. The molecule has 0 aromatic heterocycles. The zero-order chi connectivity index (χ0) is 24.9. The summed E-state index contributed by atoms with van der Waals surface area (Å²) in [5.41, 5.74) is 2.77. The molecular formula is C27H26FN3O4. The van der Waals surface area contributed by atoms with Gasteiger partial charge in [-0.2, -0.15) is 0 Å². The second-order valence-corrected chi connectivity index (χ2v) is 8.23. The number of amides is 4. The molecule has 7 nitrogen and oxygen atoms in total. The maximum atomic E-state index is 13.4. The van der Waals surface area contributed by atoms with E-state index in [9.17, 15) is 18.8 Å². The number of anilines is 2. The number of carbonyl (C=O) groups is 3. The van der Waals surface area contributed by atoms with Crippen molar-refractivity contribution >= 4 is 29.2 Å². The van der Waals surface area contributed by atoms with Crippen molar-refractivity contribution in [3.05, 3.63) is 89.7 Å². The van der Waals surface area contributed by atoms with Crippen molar-refractivity contribution in [1.29, 1.82) is 0 Å². The Hall–Kier alpha value is -4.20. The molecule has 1 N–H and O–H groups in total. The Morgan fingerprint density at radius 1 is 0.943 bits per heavy atom. The van der Waals surface area contributed by atoms with E-state index in [4.69, 9.17) is 4.74 Å². The quantitative estimate of drug-likeness (QED) is 0.477. The van der Waals surface area contributed by atoms with E-state index in [1.807, 2.05) is 19.1 Å². The van der Waals surface area contributed by atoms with Gasteiger partial charge in [-0.05, 0) is 66.1 Å². The number of nitrogens with one attached hydrogen (secondary N) is 1. The van der Waals surface area contributed by atoms with E-state index in [1.165, 1.54) is 29.2 Å². The number of ether oxygens (including phenoxy) is 1. The molecule has 1 saturated heterocycles. The topological polar surface area (TPSA) is 79.0 Å². The predicted molar refractivity (Wildman–Crippen MR) is 131 cm³/mol. The van der Waals surface area contributed by atoms with Gasteiger partial charge in [-0.3, -0.25) is 9.59 Å². The molecule has 3 aromatic rings. The van der Waals surface area contributed by atoms with Crippen molar-refractivity contribution in [2.24, 2.45) is 0 Å². The van der Waals surface area contributed by atoms with E-state index >= 15 is 0 Å². The monoisotopic (exact) mass is 475 g/mol. The summed E-state index contributed by atoms with van der Waals surface area (Å²) in [4.78, 5) is 41.9. The van der Waals surface area contributed by atoms with Crippen molar-refractivity contribution in [3.8, 4) is 5.75 Å². The number of urea groups is 1. The fourth-order valence-corrected chi connectivity index (χ4v) is 3.98. The minimum Gasteiger partial charge on any atom is -0.497 e. The molecule has 0 spiro atoms. The number of rotatable bonds is 8. The number of halogens is 1. The maximum Gasteiger partial charge on any atom is 0.332 e. The Morgan fingerprint density at radius 2 is 1.57 bits per heavy atom. The second kappa shape index (κ2) is 10.4. The number of carbonyl (C=O) groups excluding carboxylic acids is 3. The van der Waals surface area contributed by atoms with Crippen LogP contribution in [0, 0.1) is 5.82 Å². The number of aryl methyl sites for hydroxylation is 1. The van der Waals surface area contributed by atoms with Gasteiger partial charge in [0.25, 0.3) is 5.91 Å². The van der Waals surface area contributed by atoms with Crippen molar-refractivity contribution in [2.45, 2.75) is 32.4 Å². The molecule has 8 heteroatoms. The van der Waals surface area contributed by atoms with Crippen LogP contribution in [0.1, 0.15) is 24.5 Å². The molecule has 1 aliphatic rings. The van der Waals surface area contributed by atoms with Gasteiger partial charge in [0.1, 0.15) is 17.6 Å². The molecule has 4 amide bonds. The highest BCUT2D eigenvalue weighted by Crippen LogP contribution is 2.29. The van der Waals surface area contributed by atoms with Gasteiger partial charge < -0.3 is 15.0 Å². The summed E-state index contributed by atoms with van der Waals surface area (Å²) in [5.74, 6) is -0.740. The Morgan fingerprint density at radius 3 is 2.17 bits per heavy atom. The first-order chi connectivity index (χ1) is 16.9. The number of nitrogens with zero attached hydrogens (tertiary/aromatic N) is 2. The second-order valence-electron chi connectivity index (χ2n) is 8.23. The van der Waals surface area contributed by atoms with Gasteiger partial charge in [0, 0.05) is 12.2 Å². The average molecular weight is 476 g/mol. The summed E-state index contributed by atoms with van der Waals surface area (Å²) in [7, 11) is 1.56. The zero-order valence-corrected chi connectivity index (χ0v) is 19.5. The van der Waals surface area contributed by atoms with Gasteiger partial charge in [-0.1, -0.05) is 31.2 Å². The van der Waals surface area contributed by atoms with Gasteiger partial charge in [0.05, 0.1) is 19.2 Å². The molecule has 180 valence electrons. The third kappa shape index (κ3) is 5.32. The number of hydrogen-bond acceptors (Lipinski definition) is 4. The summed E-state index contributed by atoms with van der Waals surface area (Å²) in [5, 5.41) is 2.80. The lowest BCUT2D eigenvalue weighted by Crippen LogP contribution is -2.37. The van der Waals surface area contributed by atoms with Crippen LogP contribution in [-0.4, -0.2) is 35.9 Å². The number of hydrogen-bond donors (Lipinski definition) is 1. The molecule has 1 heterocycles. The van der Waals surface area contributed by atoms with Crippen LogP contribution in [0.3, 0.4) is 0 Å². The Bertz CT molecular complexity index is 1210. The van der Waals surface area contributed by atoms with Gasteiger partial charge in [-0.15, -0.1) is 0 Å². The molecule has 0 bridgehead atoms. The summed E-state index contributed by atoms with van der Waals surface area (Å²) >= 11 is 0. The molecule has 3 aromatic carbocycles. The van der Waals surface area contributed by atoms with Crippen molar-refractivity contribution in [3.63, 3.8) is 0 Å². The normalized spacial score (nSPS) is 15.5. The largest absolute Gasteiger partial charge is 0.497 e. The lowest BCUT2D eigenvalue weighted by molar-refractivity contribution is -0.124. The average Bonchev–Trinajstić information content (AvgIpc) is 3.09. The van der Waals surface area contributed by atoms with Crippen LogP contribution >= 0.6 is 0 Å². The number of methoxy groups -OCH3 is 1. The first-order valence-corrected chi connectivity index (χ1v) is 11.3. The molecule has 1 atom stereocenters. The smallest absolute Gasteiger partial charge is 0.332 e. The highest BCUT2D eigenvalue weighted by atomic mass is 19.1. The first-order valence-electron chi connectivity index (χ1n) is 11.3. The van der Waals surface area contributed by atoms with E-state index < -0.39 is 23.8 Å². The molecule has 4 rings (SSSR count). The lowest BCUT2D eigenvalue weighted by atomic mass is 10.1. The molecule has 0 radical (unpaired) electrons. The van der Waals surface area contributed by atoms with Gasteiger partial charge in [0.2, 0.25) is 5.91 Å². The third-order valence-electron chi connectivity index (χ3n) is 5.94. The molecule has 1 unspecified atom stereocenters. The third-order valence-corrected chi connectivity index (χ3v) is 5.94. The van der Waals surface area contributed by atoms with E-state index in [2.05, 4.69) is 5.32 Å². The Balaban J connectivity index is 1.58. The summed E-state index contributed by atoms with van der Waals surface area (Å²) in [6.07, 6.45) is 0.667. The van der Waals surface area contributed by atoms with Crippen LogP contribution in [0.25, 0.3) is 0 Å². The van der Waals surface area contributed by atoms with Crippen molar-refractivity contribution in [1.82, 2.24) is 4.90 Å². The summed E-state index contributed by atoms with van der Waals surface area (Å²) in [6, 6.07) is 18.1. The standard InChI is InChI=1S/C27H26FN3O4/c1-3-18-4-10-21(11-5-18)29-25(32)16-24-26(33)31(22-12-8-20(28)9-13-22)27(34)30(24)17-19-6-14-23(35-2)15-7-19/h4-15,24H,3,16-17H2,1-2H3,(H,29,32). The maximum absolute atomic E-state index is 13.4. The van der Waals surface area contributed by atoms with Crippen LogP contribution in [0.4, 0.5) is 20.6 Å². The molecule has 0 saturated carbocycles. The van der Waals surface area contributed by atoms with Gasteiger partial charge in [-0.25, -0.2) is 14.1 Å². The van der Waals surface area contributed by atoms with Crippen molar-refractivity contribution in [2.75, 3.05) is 17.3 Å². The number of imide groups is 1. The highest BCUT2D eigenvalue weighted by molar-refractivity contribution is 6.22. The molecule has 1 aliphatic heterocycles. The summed E-state index contributed by atoms with van der Waals surface area (Å²) < 4.78 is 18.6. The number of benzene rings is 3. The zero-order valence-electron chi connectivity index (χ0n) is 19.5. The summed E-state index contributed by atoms with van der Waals surface area (Å²) in [6.45, 7) is 2.16. The minimum absolute atomic E-state index is 0.120. The van der Waals surface area contributed by atoms with Gasteiger partial charge >= 0.3 is 6.03 Å². The highest BCUT2D eigenvalue weighted by Gasteiger charge is 2.46. The SMILES string of the molecule is CCc1ccc(NC(=O)CC2C(=O)N(c3ccc(F)cc3)C(=O)N2Cc2ccc(OC)cc2)cc1. The van der Waals surface area contributed by atoms with Crippen LogP contribution in [-0.2, 0) is 22.6 Å². The van der Waals surface area contributed by atoms with E-state index in [1.54, 1.807) is 43.5 Å². The van der Waals surface area contributed by atoms with Crippen LogP contribution in [0.15, 0.2) is 72.8 Å². The molecule has 35 heavy (non-hydrogen) atoms.